The first-order valence-corrected chi connectivity index (χ1v) is 8.25. The van der Waals surface area contributed by atoms with Gasteiger partial charge in [0.25, 0.3) is 0 Å². The number of rotatable bonds is 7. The first-order valence-electron chi connectivity index (χ1n) is 6.64. The number of nitrogens with zero attached hydrogens (tertiary/aromatic N) is 2. The number of aryl methyl sites for hydroxylation is 1. The lowest BCUT2D eigenvalue weighted by molar-refractivity contribution is 0.199. The first-order chi connectivity index (χ1) is 10.2. The van der Waals surface area contributed by atoms with E-state index in [4.69, 9.17) is 4.74 Å². The molecule has 0 bridgehead atoms. The fourth-order valence-electron chi connectivity index (χ4n) is 1.76. The van der Waals surface area contributed by atoms with E-state index < -0.39 is 0 Å². The molecule has 0 spiro atoms. The SMILES string of the molecule is COCCNCc1cc(Br)ccc1Sc1nccc(C)n1. The van der Waals surface area contributed by atoms with E-state index in [-0.39, 0.29) is 0 Å². The molecule has 112 valence electrons. The standard InChI is InChI=1S/C15H18BrN3OS/c1-11-5-6-18-15(19-11)21-14-4-3-13(16)9-12(14)10-17-7-8-20-2/h3-6,9,17H,7-8,10H2,1-2H3. The van der Waals surface area contributed by atoms with E-state index in [1.807, 2.05) is 19.1 Å². The number of hydrogen-bond acceptors (Lipinski definition) is 5. The normalized spacial score (nSPS) is 10.8. The molecule has 2 rings (SSSR count). The van der Waals surface area contributed by atoms with Gasteiger partial charge in [0.15, 0.2) is 5.16 Å². The van der Waals surface area contributed by atoms with E-state index >= 15 is 0 Å². The molecule has 0 atom stereocenters. The summed E-state index contributed by atoms with van der Waals surface area (Å²) in [6.07, 6.45) is 1.79. The highest BCUT2D eigenvalue weighted by atomic mass is 79.9. The molecule has 1 heterocycles. The van der Waals surface area contributed by atoms with Crippen molar-refractivity contribution < 1.29 is 4.74 Å². The third-order valence-corrected chi connectivity index (χ3v) is 4.29. The molecule has 0 aliphatic rings. The second-order valence-electron chi connectivity index (χ2n) is 4.50. The molecule has 0 radical (unpaired) electrons. The van der Waals surface area contributed by atoms with Crippen LogP contribution in [0.1, 0.15) is 11.3 Å². The Morgan fingerprint density at radius 3 is 2.95 bits per heavy atom. The molecule has 6 heteroatoms. The summed E-state index contributed by atoms with van der Waals surface area (Å²) in [5.41, 5.74) is 2.19. The number of nitrogens with one attached hydrogen (secondary N) is 1. The van der Waals surface area contributed by atoms with Crippen LogP contribution in [0.2, 0.25) is 0 Å². The van der Waals surface area contributed by atoms with Gasteiger partial charge in [0.05, 0.1) is 6.61 Å². The van der Waals surface area contributed by atoms with Crippen molar-refractivity contribution in [3.63, 3.8) is 0 Å². The van der Waals surface area contributed by atoms with Crippen LogP contribution in [0.15, 0.2) is 45.0 Å². The Hall–Kier alpha value is -0.950. The molecule has 1 aromatic heterocycles. The van der Waals surface area contributed by atoms with Crippen LogP contribution >= 0.6 is 27.7 Å². The summed E-state index contributed by atoms with van der Waals surface area (Å²) in [5.74, 6) is 0. The lowest BCUT2D eigenvalue weighted by atomic mass is 10.2. The average molecular weight is 368 g/mol. The largest absolute Gasteiger partial charge is 0.383 e. The van der Waals surface area contributed by atoms with Crippen LogP contribution < -0.4 is 5.32 Å². The van der Waals surface area contributed by atoms with Gasteiger partial charge in [-0.1, -0.05) is 15.9 Å². The van der Waals surface area contributed by atoms with Crippen molar-refractivity contribution in [2.24, 2.45) is 0 Å². The van der Waals surface area contributed by atoms with Gasteiger partial charge in [-0.2, -0.15) is 0 Å². The van der Waals surface area contributed by atoms with Crippen LogP contribution in [0.4, 0.5) is 0 Å². The van der Waals surface area contributed by atoms with E-state index in [9.17, 15) is 0 Å². The maximum absolute atomic E-state index is 5.05. The van der Waals surface area contributed by atoms with Crippen LogP contribution in [0, 0.1) is 6.92 Å². The van der Waals surface area contributed by atoms with Gasteiger partial charge >= 0.3 is 0 Å². The van der Waals surface area contributed by atoms with Crippen molar-refractivity contribution in [1.29, 1.82) is 0 Å². The van der Waals surface area contributed by atoms with Gasteiger partial charge in [-0.05, 0) is 48.5 Å². The number of hydrogen-bond donors (Lipinski definition) is 1. The molecule has 0 saturated carbocycles. The molecule has 0 unspecified atom stereocenters. The van der Waals surface area contributed by atoms with Crippen molar-refractivity contribution in [3.05, 3.63) is 46.2 Å². The summed E-state index contributed by atoms with van der Waals surface area (Å²) in [6.45, 7) is 4.29. The zero-order valence-corrected chi connectivity index (χ0v) is 14.5. The Morgan fingerprint density at radius 2 is 2.19 bits per heavy atom. The minimum atomic E-state index is 0.706. The molecule has 0 fully saturated rings. The molecule has 0 aliphatic heterocycles. The molecule has 0 aliphatic carbocycles. The Bertz CT molecular complexity index is 595. The fourth-order valence-corrected chi connectivity index (χ4v) is 3.06. The molecule has 0 amide bonds. The molecule has 4 nitrogen and oxygen atoms in total. The highest BCUT2D eigenvalue weighted by Crippen LogP contribution is 2.30. The molecule has 1 aromatic carbocycles. The maximum atomic E-state index is 5.05. The summed E-state index contributed by atoms with van der Waals surface area (Å²) >= 11 is 5.11. The molecule has 21 heavy (non-hydrogen) atoms. The van der Waals surface area contributed by atoms with Crippen molar-refractivity contribution in [1.82, 2.24) is 15.3 Å². The van der Waals surface area contributed by atoms with E-state index in [2.05, 4.69) is 43.3 Å². The summed E-state index contributed by atoms with van der Waals surface area (Å²) < 4.78 is 6.12. The number of halogens is 1. The average Bonchev–Trinajstić information content (AvgIpc) is 2.46. The van der Waals surface area contributed by atoms with Gasteiger partial charge in [0, 0.05) is 41.5 Å². The smallest absolute Gasteiger partial charge is 0.192 e. The van der Waals surface area contributed by atoms with Gasteiger partial charge in [-0.25, -0.2) is 9.97 Å². The summed E-state index contributed by atoms with van der Waals surface area (Å²) in [4.78, 5) is 9.91. The zero-order valence-electron chi connectivity index (χ0n) is 12.1. The minimum Gasteiger partial charge on any atom is -0.383 e. The predicted molar refractivity (Wildman–Crippen MR) is 88.6 cm³/mol. The summed E-state index contributed by atoms with van der Waals surface area (Å²) in [6, 6.07) is 8.15. The van der Waals surface area contributed by atoms with Crippen molar-refractivity contribution in [2.45, 2.75) is 23.5 Å². The lowest BCUT2D eigenvalue weighted by Crippen LogP contribution is -2.18. The Labute approximate surface area is 137 Å². The van der Waals surface area contributed by atoms with Crippen LogP contribution in [0.25, 0.3) is 0 Å². The van der Waals surface area contributed by atoms with Crippen molar-refractivity contribution >= 4 is 27.7 Å². The highest BCUT2D eigenvalue weighted by Gasteiger charge is 2.07. The monoisotopic (exact) mass is 367 g/mol. The van der Waals surface area contributed by atoms with Crippen LogP contribution in [-0.2, 0) is 11.3 Å². The quantitative estimate of drug-likeness (QED) is 0.599. The molecular weight excluding hydrogens is 350 g/mol. The Kier molecular flexibility index (Phi) is 6.63. The van der Waals surface area contributed by atoms with Gasteiger partial charge in [0.1, 0.15) is 0 Å². The Balaban J connectivity index is 2.10. The number of methoxy groups -OCH3 is 1. The van der Waals surface area contributed by atoms with Gasteiger partial charge in [-0.3, -0.25) is 0 Å². The second-order valence-corrected chi connectivity index (χ2v) is 6.43. The number of aromatic nitrogens is 2. The van der Waals surface area contributed by atoms with Crippen LogP contribution in [0.5, 0.6) is 0 Å². The van der Waals surface area contributed by atoms with E-state index in [1.54, 1.807) is 25.1 Å². The first kappa shape index (κ1) is 16.4. The number of ether oxygens (including phenoxy) is 1. The number of benzene rings is 1. The van der Waals surface area contributed by atoms with E-state index in [1.165, 1.54) is 5.56 Å². The highest BCUT2D eigenvalue weighted by molar-refractivity contribution is 9.10. The third-order valence-electron chi connectivity index (χ3n) is 2.79. The van der Waals surface area contributed by atoms with Crippen molar-refractivity contribution in [3.8, 4) is 0 Å². The molecule has 0 saturated heterocycles. The van der Waals surface area contributed by atoms with Gasteiger partial charge in [0.2, 0.25) is 0 Å². The van der Waals surface area contributed by atoms with E-state index in [0.29, 0.717) is 6.61 Å². The topological polar surface area (TPSA) is 47.0 Å². The van der Waals surface area contributed by atoms with Crippen molar-refractivity contribution in [2.75, 3.05) is 20.3 Å². The summed E-state index contributed by atoms with van der Waals surface area (Å²) in [5, 5.41) is 4.14. The van der Waals surface area contributed by atoms with Gasteiger partial charge in [-0.15, -0.1) is 0 Å². The molecule has 2 aromatic rings. The van der Waals surface area contributed by atoms with E-state index in [0.717, 1.165) is 33.3 Å². The van der Waals surface area contributed by atoms with Gasteiger partial charge < -0.3 is 10.1 Å². The fraction of sp³-hybridized carbons (Fsp3) is 0.333. The second kappa shape index (κ2) is 8.48. The third kappa shape index (κ3) is 5.39. The predicted octanol–water partition coefficient (Wildman–Crippen LogP) is 3.43. The lowest BCUT2D eigenvalue weighted by Gasteiger charge is -2.10. The zero-order chi connectivity index (χ0) is 15.1. The molecule has 1 N–H and O–H groups in total. The van der Waals surface area contributed by atoms with Crippen LogP contribution in [0.3, 0.4) is 0 Å². The maximum Gasteiger partial charge on any atom is 0.192 e. The summed E-state index contributed by atoms with van der Waals surface area (Å²) in [7, 11) is 1.71. The Morgan fingerprint density at radius 1 is 1.33 bits per heavy atom. The molecular formula is C15H18BrN3OS. The van der Waals surface area contributed by atoms with Crippen LogP contribution in [-0.4, -0.2) is 30.2 Å². The minimum absolute atomic E-state index is 0.706.